The molecule has 1 heterocycles. The number of nitrogens with one attached hydrogen (secondary N) is 1. The van der Waals surface area contributed by atoms with Gasteiger partial charge in [-0.15, -0.1) is 11.3 Å². The maximum atomic E-state index is 12.3. The number of ether oxygens (including phenoxy) is 1. The molecule has 122 valence electrons. The Morgan fingerprint density at radius 2 is 1.79 bits per heavy atom. The predicted octanol–water partition coefficient (Wildman–Crippen LogP) is 5.46. The van der Waals surface area contributed by atoms with Gasteiger partial charge in [0.25, 0.3) is 5.91 Å². The minimum atomic E-state index is -0.116. The van der Waals surface area contributed by atoms with Crippen LogP contribution in [0.4, 0.5) is 5.69 Å². The molecule has 0 fully saturated rings. The molecule has 0 radical (unpaired) electrons. The Morgan fingerprint density at radius 1 is 1.04 bits per heavy atom. The highest BCUT2D eigenvalue weighted by molar-refractivity contribution is 7.13. The lowest BCUT2D eigenvalue weighted by Crippen LogP contribution is -2.11. The predicted molar refractivity (Wildman–Crippen MR) is 99.9 cm³/mol. The van der Waals surface area contributed by atoms with Crippen LogP contribution in [-0.2, 0) is 0 Å². The molecular formula is C20H19NO2S. The van der Waals surface area contributed by atoms with E-state index in [2.05, 4.69) is 18.3 Å². The van der Waals surface area contributed by atoms with Gasteiger partial charge in [0.1, 0.15) is 5.75 Å². The summed E-state index contributed by atoms with van der Waals surface area (Å²) in [6, 6.07) is 19.2. The number of amides is 1. The number of rotatable bonds is 6. The molecule has 0 unspecified atom stereocenters. The van der Waals surface area contributed by atoms with Crippen LogP contribution >= 0.6 is 11.3 Å². The molecule has 3 nitrogen and oxygen atoms in total. The van der Waals surface area contributed by atoms with Crippen molar-refractivity contribution in [3.8, 4) is 16.2 Å². The molecule has 24 heavy (non-hydrogen) atoms. The molecule has 0 atom stereocenters. The van der Waals surface area contributed by atoms with Gasteiger partial charge in [0, 0.05) is 16.1 Å². The Kier molecular flexibility index (Phi) is 5.29. The van der Waals surface area contributed by atoms with Crippen molar-refractivity contribution in [2.45, 2.75) is 13.3 Å². The molecule has 4 heteroatoms. The SMILES string of the molecule is CCCOc1ccc(NC(=O)c2ccc(-c3cccs3)cc2)cc1. The summed E-state index contributed by atoms with van der Waals surface area (Å²) in [5, 5.41) is 4.95. The average Bonchev–Trinajstić information content (AvgIpc) is 3.16. The Bertz CT molecular complexity index is 778. The first kappa shape index (κ1) is 16.3. The van der Waals surface area contributed by atoms with Crippen LogP contribution in [0.15, 0.2) is 66.0 Å². The molecule has 0 bridgehead atoms. The average molecular weight is 337 g/mol. The van der Waals surface area contributed by atoms with E-state index in [1.54, 1.807) is 11.3 Å². The van der Waals surface area contributed by atoms with Gasteiger partial charge in [-0.3, -0.25) is 4.79 Å². The van der Waals surface area contributed by atoms with Gasteiger partial charge in [-0.2, -0.15) is 0 Å². The second-order valence-electron chi connectivity index (χ2n) is 5.38. The largest absolute Gasteiger partial charge is 0.494 e. The molecule has 2 aromatic carbocycles. The van der Waals surface area contributed by atoms with Crippen LogP contribution in [0.25, 0.3) is 10.4 Å². The van der Waals surface area contributed by atoms with Crippen LogP contribution < -0.4 is 10.1 Å². The van der Waals surface area contributed by atoms with Crippen LogP contribution in [-0.4, -0.2) is 12.5 Å². The topological polar surface area (TPSA) is 38.3 Å². The van der Waals surface area contributed by atoms with Gasteiger partial charge in [-0.25, -0.2) is 0 Å². The summed E-state index contributed by atoms with van der Waals surface area (Å²) in [7, 11) is 0. The van der Waals surface area contributed by atoms with Crippen molar-refractivity contribution < 1.29 is 9.53 Å². The van der Waals surface area contributed by atoms with Gasteiger partial charge in [-0.05, 0) is 59.8 Å². The number of thiophene rings is 1. The summed E-state index contributed by atoms with van der Waals surface area (Å²) in [4.78, 5) is 13.5. The van der Waals surface area contributed by atoms with E-state index in [-0.39, 0.29) is 5.91 Å². The first-order valence-electron chi connectivity index (χ1n) is 7.94. The summed E-state index contributed by atoms with van der Waals surface area (Å²) in [5.74, 6) is 0.699. The number of benzene rings is 2. The first-order chi connectivity index (χ1) is 11.8. The van der Waals surface area contributed by atoms with E-state index in [9.17, 15) is 4.79 Å². The zero-order chi connectivity index (χ0) is 16.8. The van der Waals surface area contributed by atoms with Crippen molar-refractivity contribution in [2.75, 3.05) is 11.9 Å². The van der Waals surface area contributed by atoms with Crippen molar-refractivity contribution in [2.24, 2.45) is 0 Å². The molecule has 0 saturated heterocycles. The highest BCUT2D eigenvalue weighted by Gasteiger charge is 2.07. The summed E-state index contributed by atoms with van der Waals surface area (Å²) in [5.41, 5.74) is 2.52. The third-order valence-electron chi connectivity index (χ3n) is 3.54. The van der Waals surface area contributed by atoms with Gasteiger partial charge in [0.15, 0.2) is 0 Å². The fourth-order valence-corrected chi connectivity index (χ4v) is 3.02. The second kappa shape index (κ2) is 7.79. The van der Waals surface area contributed by atoms with Gasteiger partial charge < -0.3 is 10.1 Å². The molecule has 3 rings (SSSR count). The summed E-state index contributed by atoms with van der Waals surface area (Å²) in [6.45, 7) is 2.76. The van der Waals surface area contributed by atoms with E-state index in [0.29, 0.717) is 12.2 Å². The quantitative estimate of drug-likeness (QED) is 0.649. The lowest BCUT2D eigenvalue weighted by atomic mass is 10.1. The Hall–Kier alpha value is -2.59. The lowest BCUT2D eigenvalue weighted by molar-refractivity contribution is 0.102. The highest BCUT2D eigenvalue weighted by atomic mass is 32.1. The maximum Gasteiger partial charge on any atom is 0.255 e. The Balaban J connectivity index is 1.64. The van der Waals surface area contributed by atoms with Crippen molar-refractivity contribution in [1.29, 1.82) is 0 Å². The summed E-state index contributed by atoms with van der Waals surface area (Å²) in [6.07, 6.45) is 0.972. The molecule has 0 aliphatic carbocycles. The lowest BCUT2D eigenvalue weighted by Gasteiger charge is -2.08. The maximum absolute atomic E-state index is 12.3. The van der Waals surface area contributed by atoms with Gasteiger partial charge >= 0.3 is 0 Å². The minimum Gasteiger partial charge on any atom is -0.494 e. The highest BCUT2D eigenvalue weighted by Crippen LogP contribution is 2.25. The van der Waals surface area contributed by atoms with E-state index < -0.39 is 0 Å². The number of carbonyl (C=O) groups is 1. The van der Waals surface area contributed by atoms with E-state index in [1.165, 1.54) is 4.88 Å². The van der Waals surface area contributed by atoms with E-state index >= 15 is 0 Å². The standard InChI is InChI=1S/C20H19NO2S/c1-2-13-23-18-11-9-17(10-12-18)21-20(22)16-7-5-15(6-8-16)19-4-3-14-24-19/h3-12,14H,2,13H2,1H3,(H,21,22). The van der Waals surface area contributed by atoms with Crippen molar-refractivity contribution in [1.82, 2.24) is 0 Å². The first-order valence-corrected chi connectivity index (χ1v) is 8.82. The smallest absolute Gasteiger partial charge is 0.255 e. The molecule has 0 saturated carbocycles. The molecule has 0 spiro atoms. The number of hydrogen-bond donors (Lipinski definition) is 1. The van der Waals surface area contributed by atoms with Gasteiger partial charge in [0.05, 0.1) is 6.61 Å². The van der Waals surface area contributed by atoms with Crippen LogP contribution in [0.3, 0.4) is 0 Å². The monoisotopic (exact) mass is 337 g/mol. The third-order valence-corrected chi connectivity index (χ3v) is 4.46. The van der Waals surface area contributed by atoms with Crippen LogP contribution in [0.5, 0.6) is 5.75 Å². The van der Waals surface area contributed by atoms with E-state index in [0.717, 1.165) is 23.4 Å². The normalized spacial score (nSPS) is 10.4. The Labute approximate surface area is 145 Å². The Morgan fingerprint density at radius 3 is 2.42 bits per heavy atom. The molecule has 0 aliphatic rings. The zero-order valence-corrected chi connectivity index (χ0v) is 14.3. The summed E-state index contributed by atoms with van der Waals surface area (Å²) >= 11 is 1.69. The zero-order valence-electron chi connectivity index (χ0n) is 13.5. The number of anilines is 1. The van der Waals surface area contributed by atoms with Crippen LogP contribution in [0.2, 0.25) is 0 Å². The minimum absolute atomic E-state index is 0.116. The molecular weight excluding hydrogens is 318 g/mol. The fraction of sp³-hybridized carbons (Fsp3) is 0.150. The van der Waals surface area contributed by atoms with Crippen molar-refractivity contribution >= 4 is 22.9 Å². The number of hydrogen-bond acceptors (Lipinski definition) is 3. The molecule has 3 aromatic rings. The molecule has 1 N–H and O–H groups in total. The summed E-state index contributed by atoms with van der Waals surface area (Å²) < 4.78 is 5.54. The van der Waals surface area contributed by atoms with Crippen LogP contribution in [0, 0.1) is 0 Å². The molecule has 0 aliphatic heterocycles. The van der Waals surface area contributed by atoms with Gasteiger partial charge in [-0.1, -0.05) is 25.1 Å². The van der Waals surface area contributed by atoms with Gasteiger partial charge in [0.2, 0.25) is 0 Å². The number of carbonyl (C=O) groups excluding carboxylic acids is 1. The van der Waals surface area contributed by atoms with Crippen molar-refractivity contribution in [3.63, 3.8) is 0 Å². The second-order valence-corrected chi connectivity index (χ2v) is 6.33. The van der Waals surface area contributed by atoms with E-state index in [1.807, 2.05) is 60.0 Å². The van der Waals surface area contributed by atoms with Crippen LogP contribution in [0.1, 0.15) is 23.7 Å². The third kappa shape index (κ3) is 4.03. The van der Waals surface area contributed by atoms with Crippen molar-refractivity contribution in [3.05, 3.63) is 71.6 Å². The fourth-order valence-electron chi connectivity index (χ4n) is 2.29. The van der Waals surface area contributed by atoms with E-state index in [4.69, 9.17) is 4.74 Å². The molecule has 1 amide bonds. The molecule has 1 aromatic heterocycles.